The Hall–Kier alpha value is -3.15. The Balaban J connectivity index is 1.41. The highest BCUT2D eigenvalue weighted by molar-refractivity contribution is 5.93. The number of hydrogen-bond donors (Lipinski definition) is 2. The van der Waals surface area contributed by atoms with Gasteiger partial charge >= 0.3 is 0 Å². The molecule has 0 unspecified atom stereocenters. The van der Waals surface area contributed by atoms with E-state index in [1.807, 2.05) is 53.4 Å². The Morgan fingerprint density at radius 2 is 1.54 bits per heavy atom. The monoisotopic (exact) mass is 475 g/mol. The van der Waals surface area contributed by atoms with Gasteiger partial charge in [0.05, 0.1) is 0 Å². The molecule has 4 rings (SSSR count). The first kappa shape index (κ1) is 25.0. The molecule has 1 saturated carbocycles. The highest BCUT2D eigenvalue weighted by atomic mass is 16.2. The summed E-state index contributed by atoms with van der Waals surface area (Å²) in [5.41, 5.74) is 1.92. The lowest BCUT2D eigenvalue weighted by Gasteiger charge is -2.27. The van der Waals surface area contributed by atoms with Crippen molar-refractivity contribution < 1.29 is 14.4 Å². The lowest BCUT2D eigenvalue weighted by atomic mass is 10.0. The van der Waals surface area contributed by atoms with Crippen LogP contribution in [-0.2, 0) is 20.8 Å². The molecule has 0 spiro atoms. The molecule has 2 aliphatic rings. The van der Waals surface area contributed by atoms with E-state index in [-0.39, 0.29) is 17.7 Å². The molecule has 3 amide bonds. The Morgan fingerprint density at radius 3 is 2.26 bits per heavy atom. The molecule has 0 aromatic heterocycles. The highest BCUT2D eigenvalue weighted by Crippen LogP contribution is 2.28. The average molecular weight is 476 g/mol. The summed E-state index contributed by atoms with van der Waals surface area (Å²) in [6.07, 6.45) is 8.15. The van der Waals surface area contributed by atoms with E-state index in [2.05, 4.69) is 22.8 Å². The van der Waals surface area contributed by atoms with Gasteiger partial charge in [0.1, 0.15) is 12.1 Å². The first-order chi connectivity index (χ1) is 17.1. The molecular formula is C29H37N3O3. The minimum Gasteiger partial charge on any atom is -0.342 e. The van der Waals surface area contributed by atoms with E-state index in [1.165, 1.54) is 18.4 Å². The van der Waals surface area contributed by atoms with Crippen molar-refractivity contribution in [1.29, 1.82) is 0 Å². The van der Waals surface area contributed by atoms with E-state index in [9.17, 15) is 14.4 Å². The van der Waals surface area contributed by atoms with E-state index in [0.717, 1.165) is 37.7 Å². The maximum atomic E-state index is 13.4. The summed E-state index contributed by atoms with van der Waals surface area (Å²) in [6, 6.07) is 18.1. The summed E-state index contributed by atoms with van der Waals surface area (Å²) in [4.78, 5) is 41.4. The van der Waals surface area contributed by atoms with E-state index in [4.69, 9.17) is 0 Å². The Labute approximate surface area is 208 Å². The smallest absolute Gasteiger partial charge is 0.247 e. The van der Waals surface area contributed by atoms with Crippen LogP contribution in [0.3, 0.4) is 0 Å². The largest absolute Gasteiger partial charge is 0.342 e. The van der Waals surface area contributed by atoms with E-state index in [1.54, 1.807) is 0 Å². The number of nitrogens with one attached hydrogen (secondary N) is 2. The third-order valence-electron chi connectivity index (χ3n) is 7.26. The fourth-order valence-electron chi connectivity index (χ4n) is 5.27. The first-order valence-corrected chi connectivity index (χ1v) is 13.1. The van der Waals surface area contributed by atoms with Crippen LogP contribution in [0, 0.1) is 5.92 Å². The molecule has 6 heteroatoms. The van der Waals surface area contributed by atoms with Crippen molar-refractivity contribution in [3.05, 3.63) is 71.8 Å². The van der Waals surface area contributed by atoms with Crippen molar-refractivity contribution in [3.63, 3.8) is 0 Å². The number of rotatable bonds is 9. The minimum absolute atomic E-state index is 0.0316. The summed E-state index contributed by atoms with van der Waals surface area (Å²) in [7, 11) is 0. The zero-order valence-corrected chi connectivity index (χ0v) is 20.5. The van der Waals surface area contributed by atoms with Crippen LogP contribution in [-0.4, -0.2) is 41.8 Å². The summed E-state index contributed by atoms with van der Waals surface area (Å²) >= 11 is 0. The molecule has 35 heavy (non-hydrogen) atoms. The third-order valence-corrected chi connectivity index (χ3v) is 7.26. The van der Waals surface area contributed by atoms with Crippen LogP contribution in [0.5, 0.6) is 0 Å². The summed E-state index contributed by atoms with van der Waals surface area (Å²) in [6.45, 7) is 1.34. The molecule has 1 heterocycles. The molecule has 1 saturated heterocycles. The van der Waals surface area contributed by atoms with E-state index in [0.29, 0.717) is 31.8 Å². The second kappa shape index (κ2) is 12.5. The van der Waals surface area contributed by atoms with Gasteiger partial charge in [0.25, 0.3) is 0 Å². The fraction of sp³-hybridized carbons (Fsp3) is 0.483. The van der Waals surface area contributed by atoms with Crippen molar-refractivity contribution in [2.45, 2.75) is 69.9 Å². The van der Waals surface area contributed by atoms with Crippen molar-refractivity contribution in [2.24, 2.45) is 5.92 Å². The zero-order valence-electron chi connectivity index (χ0n) is 20.5. The molecule has 0 bridgehead atoms. The van der Waals surface area contributed by atoms with Gasteiger partial charge in [-0.2, -0.15) is 0 Å². The Kier molecular flexibility index (Phi) is 8.93. The topological polar surface area (TPSA) is 78.5 Å². The number of benzene rings is 2. The Morgan fingerprint density at radius 1 is 0.886 bits per heavy atom. The molecule has 0 radical (unpaired) electrons. The molecule has 1 aliphatic carbocycles. The van der Waals surface area contributed by atoms with Crippen LogP contribution in [0.25, 0.3) is 0 Å². The maximum Gasteiger partial charge on any atom is 0.247 e. The third kappa shape index (κ3) is 7.17. The van der Waals surface area contributed by atoms with Gasteiger partial charge in [-0.1, -0.05) is 73.5 Å². The predicted molar refractivity (Wildman–Crippen MR) is 136 cm³/mol. The van der Waals surface area contributed by atoms with Crippen molar-refractivity contribution in [1.82, 2.24) is 15.5 Å². The van der Waals surface area contributed by atoms with Crippen LogP contribution in [0.15, 0.2) is 60.7 Å². The van der Waals surface area contributed by atoms with Gasteiger partial charge in [0, 0.05) is 19.5 Å². The first-order valence-electron chi connectivity index (χ1n) is 13.1. The number of nitrogens with zero attached hydrogens (tertiary/aromatic N) is 1. The van der Waals surface area contributed by atoms with Crippen molar-refractivity contribution in [3.8, 4) is 0 Å². The molecule has 2 fully saturated rings. The van der Waals surface area contributed by atoms with Crippen LogP contribution >= 0.6 is 0 Å². The summed E-state index contributed by atoms with van der Waals surface area (Å²) in [5, 5.41) is 5.95. The van der Waals surface area contributed by atoms with Gasteiger partial charge in [-0.3, -0.25) is 14.4 Å². The number of hydrogen-bond acceptors (Lipinski definition) is 3. The van der Waals surface area contributed by atoms with Crippen LogP contribution in [0.1, 0.15) is 68.5 Å². The molecule has 2 aromatic rings. The second-order valence-electron chi connectivity index (χ2n) is 9.88. The number of likely N-dealkylation sites (tertiary alicyclic amines) is 1. The molecule has 186 valence electrons. The Bertz CT molecular complexity index is 973. The van der Waals surface area contributed by atoms with Crippen LogP contribution < -0.4 is 10.6 Å². The predicted octanol–water partition coefficient (Wildman–Crippen LogP) is 4.16. The summed E-state index contributed by atoms with van der Waals surface area (Å²) in [5.74, 6) is -0.0521. The lowest BCUT2D eigenvalue weighted by molar-refractivity contribution is -0.137. The van der Waals surface area contributed by atoms with Gasteiger partial charge in [-0.05, 0) is 55.6 Å². The molecule has 2 aromatic carbocycles. The van der Waals surface area contributed by atoms with Gasteiger partial charge in [-0.15, -0.1) is 0 Å². The minimum atomic E-state index is -0.807. The highest BCUT2D eigenvalue weighted by Gasteiger charge is 2.32. The normalized spacial score (nSPS) is 19.7. The van der Waals surface area contributed by atoms with Gasteiger partial charge < -0.3 is 15.5 Å². The lowest BCUT2D eigenvalue weighted by Crippen LogP contribution is -2.51. The molecule has 2 atom stereocenters. The quantitative estimate of drug-likeness (QED) is 0.572. The van der Waals surface area contributed by atoms with Crippen LogP contribution in [0.4, 0.5) is 0 Å². The molecule has 6 nitrogen and oxygen atoms in total. The second-order valence-corrected chi connectivity index (χ2v) is 9.88. The SMILES string of the molecule is O=C(CC1CCCC1)N[C@H](C(=O)N[C@H]1CCCCN(CCc2ccccc2)C1=O)c1ccccc1. The van der Waals surface area contributed by atoms with Gasteiger partial charge in [0.2, 0.25) is 17.7 Å². The maximum absolute atomic E-state index is 13.4. The van der Waals surface area contributed by atoms with Crippen molar-refractivity contribution in [2.75, 3.05) is 13.1 Å². The fourth-order valence-corrected chi connectivity index (χ4v) is 5.27. The van der Waals surface area contributed by atoms with E-state index >= 15 is 0 Å². The number of carbonyl (C=O) groups is 3. The molecular weight excluding hydrogens is 438 g/mol. The summed E-state index contributed by atoms with van der Waals surface area (Å²) < 4.78 is 0. The van der Waals surface area contributed by atoms with Gasteiger partial charge in [-0.25, -0.2) is 0 Å². The zero-order chi connectivity index (χ0) is 24.5. The number of amides is 3. The van der Waals surface area contributed by atoms with Crippen LogP contribution in [0.2, 0.25) is 0 Å². The van der Waals surface area contributed by atoms with Gasteiger partial charge in [0.15, 0.2) is 0 Å². The molecule has 2 N–H and O–H groups in total. The average Bonchev–Trinajstić information content (AvgIpc) is 3.33. The standard InChI is InChI=1S/C29H37N3O3/c33-26(21-23-13-7-8-14-23)31-27(24-15-5-2-6-16-24)28(34)30-25-17-9-10-19-32(29(25)35)20-18-22-11-3-1-4-12-22/h1-6,11-12,15-16,23,25,27H,7-10,13-14,17-21H2,(H,30,34)(H,31,33)/t25-,27-/m0/s1. The van der Waals surface area contributed by atoms with Crippen molar-refractivity contribution >= 4 is 17.7 Å². The number of carbonyl (C=O) groups excluding carboxylic acids is 3. The molecule has 1 aliphatic heterocycles. The van der Waals surface area contributed by atoms with E-state index < -0.39 is 12.1 Å².